The molecular weight excluding hydrogens is 232 g/mol. The van der Waals surface area contributed by atoms with Crippen LogP contribution < -0.4 is 0 Å². The number of allylic oxidation sites excluding steroid dienone is 2. The highest BCUT2D eigenvalue weighted by Crippen LogP contribution is 2.28. The molecule has 0 aromatic heterocycles. The minimum Gasteiger partial charge on any atom is -0.512 e. The molecule has 4 N–H and O–H groups in total. The van der Waals surface area contributed by atoms with Gasteiger partial charge >= 0.3 is 0 Å². The molecule has 1 atom stereocenters. The van der Waals surface area contributed by atoms with Gasteiger partial charge in [0, 0.05) is 12.5 Å². The maximum Gasteiger partial charge on any atom is 0.119 e. The summed E-state index contributed by atoms with van der Waals surface area (Å²) in [6, 6.07) is 4.35. The molecule has 1 aliphatic carbocycles. The molecule has 1 aliphatic rings. The molecule has 1 aromatic rings. The summed E-state index contributed by atoms with van der Waals surface area (Å²) in [6.07, 6.45) is 5.91. The summed E-state index contributed by atoms with van der Waals surface area (Å²) in [6.45, 7) is 0. The third-order valence-corrected chi connectivity index (χ3v) is 2.99. The van der Waals surface area contributed by atoms with Crippen LogP contribution in [0.1, 0.15) is 18.4 Å². The molecule has 96 valence electrons. The van der Waals surface area contributed by atoms with Crippen LogP contribution in [-0.2, 0) is 6.42 Å². The Morgan fingerprint density at radius 2 is 1.72 bits per heavy atom. The monoisotopic (exact) mass is 248 g/mol. The summed E-state index contributed by atoms with van der Waals surface area (Å²) in [5.41, 5.74) is -0.330. The standard InChI is InChI=1S/C14H16O4/c15-11-2-1-4-14(18,9-11)5-3-10-6-12(16)8-13(17)7-10/h1-2,4,6-8,15-18H,3,5,9H2. The van der Waals surface area contributed by atoms with E-state index < -0.39 is 5.60 Å². The molecule has 0 fully saturated rings. The van der Waals surface area contributed by atoms with Gasteiger partial charge in [-0.1, -0.05) is 12.2 Å². The smallest absolute Gasteiger partial charge is 0.119 e. The van der Waals surface area contributed by atoms with E-state index in [9.17, 15) is 20.4 Å². The van der Waals surface area contributed by atoms with Crippen LogP contribution in [0, 0.1) is 0 Å². The van der Waals surface area contributed by atoms with Crippen molar-refractivity contribution in [2.24, 2.45) is 0 Å². The Balaban J connectivity index is 2.03. The molecule has 0 saturated carbocycles. The maximum atomic E-state index is 10.2. The normalized spacial score (nSPS) is 22.8. The first-order chi connectivity index (χ1) is 8.47. The van der Waals surface area contributed by atoms with Gasteiger partial charge in [0.05, 0.1) is 11.4 Å². The Kier molecular flexibility index (Phi) is 3.30. The zero-order valence-electron chi connectivity index (χ0n) is 9.87. The summed E-state index contributed by atoms with van der Waals surface area (Å²) in [5, 5.41) is 38.3. The van der Waals surface area contributed by atoms with E-state index in [1.54, 1.807) is 30.4 Å². The van der Waals surface area contributed by atoms with E-state index in [2.05, 4.69) is 0 Å². The van der Waals surface area contributed by atoms with Crippen LogP contribution in [0.25, 0.3) is 0 Å². The van der Waals surface area contributed by atoms with Gasteiger partial charge in [0.1, 0.15) is 11.5 Å². The lowest BCUT2D eigenvalue weighted by Crippen LogP contribution is -2.28. The zero-order valence-corrected chi connectivity index (χ0v) is 9.87. The van der Waals surface area contributed by atoms with Crippen LogP contribution >= 0.6 is 0 Å². The number of benzene rings is 1. The predicted molar refractivity (Wildman–Crippen MR) is 67.5 cm³/mol. The summed E-state index contributed by atoms with van der Waals surface area (Å²) in [7, 11) is 0. The Labute approximate surface area is 105 Å². The van der Waals surface area contributed by atoms with Gasteiger partial charge < -0.3 is 20.4 Å². The Hall–Kier alpha value is -1.94. The highest BCUT2D eigenvalue weighted by Gasteiger charge is 2.26. The van der Waals surface area contributed by atoms with Gasteiger partial charge in [-0.15, -0.1) is 0 Å². The minimum absolute atomic E-state index is 0.00100. The Morgan fingerprint density at radius 3 is 2.33 bits per heavy atom. The van der Waals surface area contributed by atoms with E-state index in [4.69, 9.17) is 0 Å². The molecule has 4 heteroatoms. The largest absolute Gasteiger partial charge is 0.512 e. The third kappa shape index (κ3) is 3.05. The van der Waals surface area contributed by atoms with E-state index in [1.807, 2.05) is 0 Å². The molecule has 0 spiro atoms. The number of phenols is 2. The van der Waals surface area contributed by atoms with E-state index in [1.165, 1.54) is 6.07 Å². The second kappa shape index (κ2) is 4.74. The van der Waals surface area contributed by atoms with Crippen molar-refractivity contribution in [3.63, 3.8) is 0 Å². The lowest BCUT2D eigenvalue weighted by Gasteiger charge is -2.26. The predicted octanol–water partition coefficient (Wildman–Crippen LogP) is 2.16. The second-order valence-corrected chi connectivity index (χ2v) is 4.66. The van der Waals surface area contributed by atoms with Crippen LogP contribution in [0.3, 0.4) is 0 Å². The average molecular weight is 248 g/mol. The quantitative estimate of drug-likeness (QED) is 0.660. The highest BCUT2D eigenvalue weighted by molar-refractivity contribution is 5.37. The van der Waals surface area contributed by atoms with Gasteiger partial charge in [-0.25, -0.2) is 0 Å². The number of hydrogen-bond acceptors (Lipinski definition) is 4. The van der Waals surface area contributed by atoms with Gasteiger partial charge in [0.25, 0.3) is 0 Å². The number of rotatable bonds is 3. The molecule has 18 heavy (non-hydrogen) atoms. The fraction of sp³-hybridized carbons (Fsp3) is 0.286. The first kappa shape index (κ1) is 12.5. The molecule has 1 unspecified atom stereocenters. The van der Waals surface area contributed by atoms with Gasteiger partial charge in [0.2, 0.25) is 0 Å². The Bertz CT molecular complexity index is 484. The highest BCUT2D eigenvalue weighted by atomic mass is 16.3. The molecule has 0 amide bonds. The molecule has 0 bridgehead atoms. The number of aliphatic hydroxyl groups is 2. The molecule has 0 aliphatic heterocycles. The van der Waals surface area contributed by atoms with Gasteiger partial charge in [-0.05, 0) is 36.6 Å². The molecule has 1 aromatic carbocycles. The van der Waals surface area contributed by atoms with Crippen LogP contribution in [0.2, 0.25) is 0 Å². The van der Waals surface area contributed by atoms with Crippen LogP contribution in [0.4, 0.5) is 0 Å². The van der Waals surface area contributed by atoms with E-state index >= 15 is 0 Å². The zero-order chi connectivity index (χ0) is 13.2. The third-order valence-electron chi connectivity index (χ3n) is 2.99. The SMILES string of the molecule is OC1=CC=CC(O)(CCc2cc(O)cc(O)c2)C1. The number of aromatic hydroxyl groups is 2. The van der Waals surface area contributed by atoms with Crippen molar-refractivity contribution in [3.05, 3.63) is 47.7 Å². The first-order valence-corrected chi connectivity index (χ1v) is 5.78. The van der Waals surface area contributed by atoms with Crippen molar-refractivity contribution < 1.29 is 20.4 Å². The fourth-order valence-corrected chi connectivity index (χ4v) is 2.10. The molecule has 0 saturated heterocycles. The number of aryl methyl sites for hydroxylation is 1. The van der Waals surface area contributed by atoms with Crippen molar-refractivity contribution in [2.75, 3.05) is 0 Å². The van der Waals surface area contributed by atoms with E-state index in [0.717, 1.165) is 5.56 Å². The van der Waals surface area contributed by atoms with Gasteiger partial charge in [-0.3, -0.25) is 0 Å². The van der Waals surface area contributed by atoms with Crippen LogP contribution in [-0.4, -0.2) is 26.0 Å². The Morgan fingerprint density at radius 1 is 1.06 bits per heavy atom. The van der Waals surface area contributed by atoms with Crippen molar-refractivity contribution in [2.45, 2.75) is 24.9 Å². The topological polar surface area (TPSA) is 80.9 Å². The van der Waals surface area contributed by atoms with E-state index in [-0.39, 0.29) is 23.7 Å². The minimum atomic E-state index is -1.07. The van der Waals surface area contributed by atoms with Crippen molar-refractivity contribution in [1.82, 2.24) is 0 Å². The fourth-order valence-electron chi connectivity index (χ4n) is 2.10. The van der Waals surface area contributed by atoms with Crippen molar-refractivity contribution in [1.29, 1.82) is 0 Å². The van der Waals surface area contributed by atoms with Crippen LogP contribution in [0.15, 0.2) is 42.2 Å². The summed E-state index contributed by atoms with van der Waals surface area (Å²) in [4.78, 5) is 0. The van der Waals surface area contributed by atoms with Crippen LogP contribution in [0.5, 0.6) is 11.5 Å². The first-order valence-electron chi connectivity index (χ1n) is 5.78. The summed E-state index contributed by atoms with van der Waals surface area (Å²) in [5.74, 6) is 0.150. The molecule has 2 rings (SSSR count). The number of hydrogen-bond donors (Lipinski definition) is 4. The van der Waals surface area contributed by atoms with Crippen molar-refractivity contribution >= 4 is 0 Å². The number of aliphatic hydroxyl groups excluding tert-OH is 1. The van der Waals surface area contributed by atoms with Gasteiger partial charge in [0.15, 0.2) is 0 Å². The van der Waals surface area contributed by atoms with Crippen molar-refractivity contribution in [3.8, 4) is 11.5 Å². The molecule has 0 heterocycles. The van der Waals surface area contributed by atoms with E-state index in [0.29, 0.717) is 12.8 Å². The maximum absolute atomic E-state index is 10.2. The lowest BCUT2D eigenvalue weighted by molar-refractivity contribution is 0.0686. The number of phenolic OH excluding ortho intramolecular Hbond substituents is 2. The molecule has 0 radical (unpaired) electrons. The second-order valence-electron chi connectivity index (χ2n) is 4.66. The molecule has 4 nitrogen and oxygen atoms in total. The van der Waals surface area contributed by atoms with Gasteiger partial charge in [-0.2, -0.15) is 0 Å². The lowest BCUT2D eigenvalue weighted by atomic mass is 9.88. The molecular formula is C14H16O4. The summed E-state index contributed by atoms with van der Waals surface area (Å²) >= 11 is 0. The average Bonchev–Trinajstić information content (AvgIpc) is 2.25. The summed E-state index contributed by atoms with van der Waals surface area (Å²) < 4.78 is 0.